The predicted octanol–water partition coefficient (Wildman–Crippen LogP) is 2.57. The van der Waals surface area contributed by atoms with Gasteiger partial charge in [-0.15, -0.1) is 10.2 Å². The van der Waals surface area contributed by atoms with Crippen molar-refractivity contribution in [1.82, 2.24) is 20.5 Å². The van der Waals surface area contributed by atoms with Crippen molar-refractivity contribution in [3.8, 4) is 5.75 Å². The van der Waals surface area contributed by atoms with Crippen molar-refractivity contribution in [3.05, 3.63) is 72.2 Å². The van der Waals surface area contributed by atoms with E-state index in [4.69, 9.17) is 4.74 Å². The molecular formula is C25H28N6O3. The summed E-state index contributed by atoms with van der Waals surface area (Å²) in [4.78, 5) is 18.6. The highest BCUT2D eigenvalue weighted by molar-refractivity contribution is 5.92. The number of rotatable bonds is 5. The van der Waals surface area contributed by atoms with Crippen LogP contribution in [0.25, 0.3) is 0 Å². The molecule has 2 aliphatic rings. The van der Waals surface area contributed by atoms with Crippen LogP contribution in [-0.2, 0) is 0 Å². The molecule has 176 valence electrons. The zero-order valence-corrected chi connectivity index (χ0v) is 18.9. The van der Waals surface area contributed by atoms with E-state index in [0.717, 1.165) is 56.2 Å². The van der Waals surface area contributed by atoms with E-state index >= 15 is 0 Å². The zero-order chi connectivity index (χ0) is 23.4. The van der Waals surface area contributed by atoms with E-state index in [2.05, 4.69) is 36.8 Å². The number of nitrogens with one attached hydrogen (secondary N) is 2. The number of ether oxygens (including phenoxy) is 1. The molecule has 9 heteroatoms. The van der Waals surface area contributed by atoms with Crippen molar-refractivity contribution >= 4 is 17.4 Å². The van der Waals surface area contributed by atoms with Gasteiger partial charge < -0.3 is 25.4 Å². The van der Waals surface area contributed by atoms with Gasteiger partial charge >= 0.3 is 0 Å². The van der Waals surface area contributed by atoms with Crippen molar-refractivity contribution in [1.29, 1.82) is 0 Å². The minimum Gasteiger partial charge on any atom is -0.485 e. The summed E-state index contributed by atoms with van der Waals surface area (Å²) in [6.07, 6.45) is 5.10. The van der Waals surface area contributed by atoms with Gasteiger partial charge in [0.2, 0.25) is 0 Å². The summed E-state index contributed by atoms with van der Waals surface area (Å²) in [6, 6.07) is 15.1. The van der Waals surface area contributed by atoms with Gasteiger partial charge in [-0.3, -0.25) is 9.78 Å². The fourth-order valence-electron chi connectivity index (χ4n) is 4.49. The normalized spacial score (nSPS) is 17.6. The van der Waals surface area contributed by atoms with Crippen molar-refractivity contribution in [3.63, 3.8) is 0 Å². The van der Waals surface area contributed by atoms with E-state index in [-0.39, 0.29) is 23.7 Å². The van der Waals surface area contributed by atoms with Gasteiger partial charge in [-0.1, -0.05) is 18.2 Å². The number of anilines is 2. The van der Waals surface area contributed by atoms with Gasteiger partial charge in [0.25, 0.3) is 5.91 Å². The maximum Gasteiger partial charge on any atom is 0.271 e. The number of carbonyl (C=O) groups excluding carboxylic acids is 1. The molecular weight excluding hydrogens is 432 g/mol. The lowest BCUT2D eigenvalue weighted by Gasteiger charge is -2.41. The Kier molecular flexibility index (Phi) is 6.27. The van der Waals surface area contributed by atoms with Crippen LogP contribution in [0.5, 0.6) is 5.75 Å². The average molecular weight is 461 g/mol. The van der Waals surface area contributed by atoms with Crippen molar-refractivity contribution in [2.24, 2.45) is 0 Å². The summed E-state index contributed by atoms with van der Waals surface area (Å²) in [7, 11) is 0. The number of hydrogen-bond acceptors (Lipinski definition) is 8. The first-order valence-electron chi connectivity index (χ1n) is 11.6. The fourth-order valence-corrected chi connectivity index (χ4v) is 4.49. The summed E-state index contributed by atoms with van der Waals surface area (Å²) in [5, 5.41) is 24.8. The number of aromatic nitrogens is 3. The van der Waals surface area contributed by atoms with Gasteiger partial charge in [0.05, 0.1) is 11.8 Å². The number of hydrogen-bond donors (Lipinski definition) is 3. The SMILES string of the molecule is O=C(NCC(O)c1cccnc1)c1ccc(N2CCC3(CCNc4ccccc4O3)CC2)nn1. The van der Waals surface area contributed by atoms with Crippen LogP contribution >= 0.6 is 0 Å². The zero-order valence-electron chi connectivity index (χ0n) is 18.9. The first kappa shape index (κ1) is 22.1. The Hall–Kier alpha value is -3.72. The average Bonchev–Trinajstić information content (AvgIpc) is 3.07. The molecule has 1 spiro atoms. The van der Waals surface area contributed by atoms with Gasteiger partial charge in [0.1, 0.15) is 11.4 Å². The lowest BCUT2D eigenvalue weighted by atomic mass is 9.88. The number of fused-ring (bicyclic) bond motifs is 1. The molecule has 1 atom stereocenters. The standard InChI is InChI=1S/C25H28N6O3/c32-21(18-4-3-12-26-16-18)17-28-24(33)20-7-8-23(30-29-20)31-14-10-25(11-15-31)9-13-27-19-5-1-2-6-22(19)34-25/h1-8,12,16,21,27,32H,9-11,13-15,17H2,(H,28,33). The molecule has 1 unspecified atom stereocenters. The molecule has 0 saturated carbocycles. The molecule has 1 saturated heterocycles. The molecule has 1 amide bonds. The van der Waals surface area contributed by atoms with Gasteiger partial charge in [-0.2, -0.15) is 0 Å². The number of piperidine rings is 1. The minimum absolute atomic E-state index is 0.0696. The highest BCUT2D eigenvalue weighted by atomic mass is 16.5. The van der Waals surface area contributed by atoms with Gasteiger partial charge in [-0.25, -0.2) is 0 Å². The Morgan fingerprint density at radius 1 is 1.12 bits per heavy atom. The smallest absolute Gasteiger partial charge is 0.271 e. The van der Waals surface area contributed by atoms with E-state index in [9.17, 15) is 9.90 Å². The third-order valence-corrected chi connectivity index (χ3v) is 6.52. The molecule has 3 aromatic rings. The number of aliphatic hydroxyl groups excluding tert-OH is 1. The fraction of sp³-hybridized carbons (Fsp3) is 0.360. The molecule has 4 heterocycles. The van der Waals surface area contributed by atoms with Crippen molar-refractivity contribution in [2.45, 2.75) is 31.0 Å². The minimum atomic E-state index is -0.834. The number of amides is 1. The molecule has 9 nitrogen and oxygen atoms in total. The third kappa shape index (κ3) is 4.79. The van der Waals surface area contributed by atoms with Crippen molar-refractivity contribution < 1.29 is 14.6 Å². The quantitative estimate of drug-likeness (QED) is 0.533. The number of nitrogens with zero attached hydrogens (tertiary/aromatic N) is 4. The number of para-hydroxylation sites is 2. The summed E-state index contributed by atoms with van der Waals surface area (Å²) >= 11 is 0. The van der Waals surface area contributed by atoms with E-state index in [0.29, 0.717) is 5.56 Å². The predicted molar refractivity (Wildman–Crippen MR) is 128 cm³/mol. The molecule has 1 fully saturated rings. The Morgan fingerprint density at radius 3 is 2.74 bits per heavy atom. The molecule has 0 aliphatic carbocycles. The molecule has 2 aromatic heterocycles. The molecule has 0 radical (unpaired) electrons. The van der Waals surface area contributed by atoms with Crippen LogP contribution in [0.1, 0.15) is 41.4 Å². The summed E-state index contributed by atoms with van der Waals surface area (Å²) in [6.45, 7) is 2.57. The Bertz CT molecular complexity index is 1120. The van der Waals surface area contributed by atoms with Crippen LogP contribution < -0.4 is 20.3 Å². The first-order chi connectivity index (χ1) is 16.6. The Morgan fingerprint density at radius 2 is 1.97 bits per heavy atom. The van der Waals surface area contributed by atoms with Gasteiger partial charge in [-0.05, 0) is 30.3 Å². The summed E-state index contributed by atoms with van der Waals surface area (Å²) < 4.78 is 6.50. The molecule has 1 aromatic carbocycles. The van der Waals surface area contributed by atoms with Crippen LogP contribution in [0, 0.1) is 0 Å². The molecule has 34 heavy (non-hydrogen) atoms. The van der Waals surface area contributed by atoms with E-state index < -0.39 is 6.10 Å². The largest absolute Gasteiger partial charge is 0.485 e. The lowest BCUT2D eigenvalue weighted by molar-refractivity contribution is 0.0415. The number of aliphatic hydroxyl groups is 1. The third-order valence-electron chi connectivity index (χ3n) is 6.52. The van der Waals surface area contributed by atoms with E-state index in [1.54, 1.807) is 30.6 Å². The van der Waals surface area contributed by atoms with Crippen LogP contribution in [0.2, 0.25) is 0 Å². The Labute approximate surface area is 198 Å². The number of carbonyl (C=O) groups is 1. The second-order valence-electron chi connectivity index (χ2n) is 8.73. The lowest BCUT2D eigenvalue weighted by Crippen LogP contribution is -2.48. The molecule has 5 rings (SSSR count). The maximum absolute atomic E-state index is 12.4. The van der Waals surface area contributed by atoms with Crippen LogP contribution in [0.3, 0.4) is 0 Å². The number of benzene rings is 1. The molecule has 3 N–H and O–H groups in total. The van der Waals surface area contributed by atoms with Gasteiger partial charge in [0, 0.05) is 63.4 Å². The van der Waals surface area contributed by atoms with Crippen LogP contribution in [-0.4, -0.2) is 58.0 Å². The van der Waals surface area contributed by atoms with E-state index in [1.165, 1.54) is 0 Å². The van der Waals surface area contributed by atoms with Crippen molar-refractivity contribution in [2.75, 3.05) is 36.4 Å². The first-order valence-corrected chi connectivity index (χ1v) is 11.6. The van der Waals surface area contributed by atoms with Crippen LogP contribution in [0.15, 0.2) is 60.9 Å². The van der Waals surface area contributed by atoms with Gasteiger partial charge in [0.15, 0.2) is 11.5 Å². The van der Waals surface area contributed by atoms with E-state index in [1.807, 2.05) is 24.3 Å². The second-order valence-corrected chi connectivity index (χ2v) is 8.73. The highest BCUT2D eigenvalue weighted by Gasteiger charge is 2.38. The second kappa shape index (κ2) is 9.64. The molecule has 2 aliphatic heterocycles. The maximum atomic E-state index is 12.4. The van der Waals surface area contributed by atoms with Crippen LogP contribution in [0.4, 0.5) is 11.5 Å². The monoisotopic (exact) mass is 460 g/mol. The Balaban J connectivity index is 1.16. The molecule has 0 bridgehead atoms. The summed E-state index contributed by atoms with van der Waals surface area (Å²) in [5.74, 6) is 1.28. The number of pyridine rings is 1. The highest BCUT2D eigenvalue weighted by Crippen LogP contribution is 2.38. The summed E-state index contributed by atoms with van der Waals surface area (Å²) in [5.41, 5.74) is 1.72. The topological polar surface area (TPSA) is 112 Å².